The largest absolute Gasteiger partial charge is 0.298 e. The molecule has 1 aromatic rings. The van der Waals surface area contributed by atoms with E-state index in [4.69, 9.17) is 0 Å². The molecule has 0 radical (unpaired) electrons. The molecule has 1 aromatic carbocycles. The van der Waals surface area contributed by atoms with Gasteiger partial charge in [-0.25, -0.2) is 4.39 Å². The first-order chi connectivity index (χ1) is 7.66. The van der Waals surface area contributed by atoms with E-state index < -0.39 is 6.17 Å². The van der Waals surface area contributed by atoms with Crippen molar-refractivity contribution in [2.45, 2.75) is 26.6 Å². The van der Waals surface area contributed by atoms with Crippen molar-refractivity contribution < 1.29 is 4.39 Å². The maximum atomic E-state index is 13.7. The molecule has 1 fully saturated rings. The summed E-state index contributed by atoms with van der Waals surface area (Å²) in [4.78, 5) is 2.36. The van der Waals surface area contributed by atoms with Crippen LogP contribution in [-0.4, -0.2) is 24.2 Å². The molecule has 1 heterocycles. The highest BCUT2D eigenvalue weighted by atomic mass is 19.1. The zero-order valence-corrected chi connectivity index (χ0v) is 10.1. The SMILES string of the molecule is C[C@@H]1CN(Cc2ccccc2)C[C@H](C)C1F. The third-order valence-corrected chi connectivity index (χ3v) is 3.43. The van der Waals surface area contributed by atoms with Gasteiger partial charge in [0.25, 0.3) is 0 Å². The number of benzene rings is 1. The highest BCUT2D eigenvalue weighted by Gasteiger charge is 2.31. The molecule has 1 nitrogen and oxygen atoms in total. The second kappa shape index (κ2) is 4.96. The number of piperidine rings is 1. The Balaban J connectivity index is 1.97. The second-order valence-electron chi connectivity index (χ2n) is 5.08. The van der Waals surface area contributed by atoms with E-state index in [1.807, 2.05) is 19.9 Å². The highest BCUT2D eigenvalue weighted by molar-refractivity contribution is 5.14. The maximum Gasteiger partial charge on any atom is 0.108 e. The number of rotatable bonds is 2. The molecule has 1 aliphatic rings. The molecule has 1 saturated heterocycles. The number of hydrogen-bond acceptors (Lipinski definition) is 1. The van der Waals surface area contributed by atoms with Gasteiger partial charge in [0.05, 0.1) is 0 Å². The Hall–Kier alpha value is -0.890. The van der Waals surface area contributed by atoms with Crippen LogP contribution in [0.3, 0.4) is 0 Å². The standard InChI is InChI=1S/C14H20FN/c1-11-8-16(9-12(2)14(11)15)10-13-6-4-3-5-7-13/h3-7,11-12,14H,8-10H2,1-2H3/t11-,12+,14?. The highest BCUT2D eigenvalue weighted by Crippen LogP contribution is 2.25. The van der Waals surface area contributed by atoms with E-state index in [9.17, 15) is 4.39 Å². The molecule has 0 amide bonds. The quantitative estimate of drug-likeness (QED) is 0.741. The normalized spacial score (nSPS) is 31.6. The maximum absolute atomic E-state index is 13.7. The van der Waals surface area contributed by atoms with Crippen LogP contribution >= 0.6 is 0 Å². The fourth-order valence-corrected chi connectivity index (χ4v) is 2.62. The Morgan fingerprint density at radius 3 is 2.25 bits per heavy atom. The summed E-state index contributed by atoms with van der Waals surface area (Å²) in [6.45, 7) is 6.72. The molecule has 2 heteroatoms. The molecule has 1 aliphatic heterocycles. The van der Waals surface area contributed by atoms with E-state index in [-0.39, 0.29) is 11.8 Å². The predicted octanol–water partition coefficient (Wildman–Crippen LogP) is 3.11. The molecule has 2 rings (SSSR count). The number of likely N-dealkylation sites (tertiary alicyclic amines) is 1. The third kappa shape index (κ3) is 2.62. The van der Waals surface area contributed by atoms with E-state index in [0.29, 0.717) is 0 Å². The van der Waals surface area contributed by atoms with E-state index in [1.54, 1.807) is 0 Å². The van der Waals surface area contributed by atoms with E-state index in [2.05, 4.69) is 29.2 Å². The summed E-state index contributed by atoms with van der Waals surface area (Å²) in [5, 5.41) is 0. The smallest absolute Gasteiger partial charge is 0.108 e. The van der Waals surface area contributed by atoms with E-state index >= 15 is 0 Å². The Morgan fingerprint density at radius 1 is 1.12 bits per heavy atom. The zero-order valence-electron chi connectivity index (χ0n) is 10.1. The first-order valence-electron chi connectivity index (χ1n) is 6.07. The number of halogens is 1. The fourth-order valence-electron chi connectivity index (χ4n) is 2.62. The van der Waals surface area contributed by atoms with Crippen molar-refractivity contribution in [3.63, 3.8) is 0 Å². The Morgan fingerprint density at radius 2 is 1.69 bits per heavy atom. The fraction of sp³-hybridized carbons (Fsp3) is 0.571. The molecule has 1 unspecified atom stereocenters. The summed E-state index contributed by atoms with van der Waals surface area (Å²) >= 11 is 0. The summed E-state index contributed by atoms with van der Waals surface area (Å²) < 4.78 is 13.7. The van der Waals surface area contributed by atoms with Gasteiger partial charge in [0.2, 0.25) is 0 Å². The second-order valence-corrected chi connectivity index (χ2v) is 5.08. The van der Waals surface area contributed by atoms with Gasteiger partial charge in [-0.05, 0) is 5.56 Å². The Bertz CT molecular complexity index is 313. The monoisotopic (exact) mass is 221 g/mol. The molecule has 0 saturated carbocycles. The lowest BCUT2D eigenvalue weighted by molar-refractivity contribution is 0.0456. The number of hydrogen-bond donors (Lipinski definition) is 0. The summed E-state index contributed by atoms with van der Waals surface area (Å²) in [5.41, 5.74) is 1.32. The lowest BCUT2D eigenvalue weighted by Crippen LogP contribution is -2.45. The van der Waals surface area contributed by atoms with Crippen LogP contribution in [0.5, 0.6) is 0 Å². The zero-order chi connectivity index (χ0) is 11.5. The van der Waals surface area contributed by atoms with Gasteiger partial charge >= 0.3 is 0 Å². The summed E-state index contributed by atoms with van der Waals surface area (Å²) in [7, 11) is 0. The van der Waals surface area contributed by atoms with Crippen molar-refractivity contribution >= 4 is 0 Å². The summed E-state index contributed by atoms with van der Waals surface area (Å²) in [6.07, 6.45) is -0.632. The van der Waals surface area contributed by atoms with Crippen LogP contribution in [-0.2, 0) is 6.54 Å². The van der Waals surface area contributed by atoms with Gasteiger partial charge in [-0.1, -0.05) is 44.2 Å². The van der Waals surface area contributed by atoms with Crippen molar-refractivity contribution in [2.75, 3.05) is 13.1 Å². The third-order valence-electron chi connectivity index (χ3n) is 3.43. The molecular formula is C14H20FN. The average Bonchev–Trinajstić information content (AvgIpc) is 2.27. The van der Waals surface area contributed by atoms with Crippen LogP contribution in [0.25, 0.3) is 0 Å². The molecule has 0 N–H and O–H groups in total. The van der Waals surface area contributed by atoms with Crippen LogP contribution in [0.1, 0.15) is 19.4 Å². The first kappa shape index (κ1) is 11.6. The van der Waals surface area contributed by atoms with Gasteiger partial charge in [0.15, 0.2) is 0 Å². The van der Waals surface area contributed by atoms with E-state index in [0.717, 1.165) is 19.6 Å². The van der Waals surface area contributed by atoms with Crippen molar-refractivity contribution in [1.82, 2.24) is 4.90 Å². The van der Waals surface area contributed by atoms with E-state index in [1.165, 1.54) is 5.56 Å². The first-order valence-corrected chi connectivity index (χ1v) is 6.07. The van der Waals surface area contributed by atoms with Gasteiger partial charge < -0.3 is 0 Å². The topological polar surface area (TPSA) is 3.24 Å². The van der Waals surface area contributed by atoms with Crippen LogP contribution in [0.4, 0.5) is 4.39 Å². The van der Waals surface area contributed by atoms with Gasteiger partial charge in [-0.15, -0.1) is 0 Å². The van der Waals surface area contributed by atoms with Gasteiger partial charge in [0, 0.05) is 31.5 Å². The van der Waals surface area contributed by atoms with Crippen LogP contribution in [0, 0.1) is 11.8 Å². The Labute approximate surface area is 97.3 Å². The molecule has 0 bridgehead atoms. The predicted molar refractivity (Wildman–Crippen MR) is 64.9 cm³/mol. The lowest BCUT2D eigenvalue weighted by Gasteiger charge is -2.37. The number of nitrogens with zero attached hydrogens (tertiary/aromatic N) is 1. The van der Waals surface area contributed by atoms with Gasteiger partial charge in [0.1, 0.15) is 6.17 Å². The van der Waals surface area contributed by atoms with Crippen molar-refractivity contribution in [2.24, 2.45) is 11.8 Å². The summed E-state index contributed by atoms with van der Waals surface area (Å²) in [6, 6.07) is 10.4. The Kier molecular flexibility index (Phi) is 3.59. The minimum atomic E-state index is -0.632. The molecule has 3 atom stereocenters. The molecule has 0 aliphatic carbocycles. The molecule has 0 aromatic heterocycles. The summed E-state index contributed by atoms with van der Waals surface area (Å²) in [5.74, 6) is 0.319. The molecular weight excluding hydrogens is 201 g/mol. The lowest BCUT2D eigenvalue weighted by atomic mass is 9.89. The molecule has 0 spiro atoms. The van der Waals surface area contributed by atoms with Crippen molar-refractivity contribution in [3.8, 4) is 0 Å². The van der Waals surface area contributed by atoms with Gasteiger partial charge in [-0.2, -0.15) is 0 Å². The molecule has 88 valence electrons. The van der Waals surface area contributed by atoms with Gasteiger partial charge in [-0.3, -0.25) is 4.90 Å². The minimum absolute atomic E-state index is 0.160. The van der Waals surface area contributed by atoms with Crippen molar-refractivity contribution in [3.05, 3.63) is 35.9 Å². The van der Waals surface area contributed by atoms with Crippen molar-refractivity contribution in [1.29, 1.82) is 0 Å². The average molecular weight is 221 g/mol. The molecule has 16 heavy (non-hydrogen) atoms. The minimum Gasteiger partial charge on any atom is -0.298 e. The number of alkyl halides is 1. The van der Waals surface area contributed by atoms with Crippen LogP contribution in [0.15, 0.2) is 30.3 Å². The van der Waals surface area contributed by atoms with Crippen LogP contribution < -0.4 is 0 Å². The van der Waals surface area contributed by atoms with Crippen LogP contribution in [0.2, 0.25) is 0 Å².